The second-order valence-electron chi connectivity index (χ2n) is 8.11. The lowest BCUT2D eigenvalue weighted by atomic mass is 9.96. The van der Waals surface area contributed by atoms with Crippen molar-refractivity contribution < 1.29 is 4.79 Å². The molecule has 6 nitrogen and oxygen atoms in total. The fourth-order valence-corrected chi connectivity index (χ4v) is 6.16. The number of aromatic nitrogens is 3. The third kappa shape index (κ3) is 4.76. The molecule has 1 amide bonds. The van der Waals surface area contributed by atoms with Crippen LogP contribution < -0.4 is 5.32 Å². The van der Waals surface area contributed by atoms with E-state index < -0.39 is 0 Å². The Bertz CT molecular complexity index is 1340. The van der Waals surface area contributed by atoms with Crippen LogP contribution in [0.15, 0.2) is 65.8 Å². The number of nitrogens with zero attached hydrogens (tertiary/aromatic N) is 4. The van der Waals surface area contributed by atoms with E-state index >= 15 is 0 Å². The first-order chi connectivity index (χ1) is 16.7. The Morgan fingerprint density at radius 1 is 1.06 bits per heavy atom. The smallest absolute Gasteiger partial charge is 0.235 e. The van der Waals surface area contributed by atoms with Crippen molar-refractivity contribution in [2.24, 2.45) is 0 Å². The Hall–Kier alpha value is -3.41. The van der Waals surface area contributed by atoms with Crippen LogP contribution in [-0.2, 0) is 24.2 Å². The predicted molar refractivity (Wildman–Crippen MR) is 136 cm³/mol. The highest BCUT2D eigenvalue weighted by Crippen LogP contribution is 2.37. The number of amides is 1. The van der Waals surface area contributed by atoms with Crippen molar-refractivity contribution in [3.63, 3.8) is 0 Å². The average Bonchev–Trinajstić information content (AvgIpc) is 3.44. The number of nitrogens with one attached hydrogen (secondary N) is 1. The molecule has 1 N–H and O–H groups in total. The minimum atomic E-state index is -0.143. The highest BCUT2D eigenvalue weighted by molar-refractivity contribution is 7.99. The molecular weight excluding hydrogens is 462 g/mol. The molecule has 2 heterocycles. The molecule has 4 aromatic rings. The molecule has 1 aliphatic rings. The lowest BCUT2D eigenvalue weighted by Gasteiger charge is -2.10. The number of carbonyl (C=O) groups excluding carboxylic acids is 1. The molecule has 0 fully saturated rings. The fourth-order valence-electron chi connectivity index (χ4n) is 4.17. The highest BCUT2D eigenvalue weighted by Gasteiger charge is 2.22. The van der Waals surface area contributed by atoms with Gasteiger partial charge >= 0.3 is 0 Å². The minimum absolute atomic E-state index is 0.143. The normalized spacial score (nSPS) is 12.7. The van der Waals surface area contributed by atoms with Crippen LogP contribution in [0.25, 0.3) is 11.4 Å². The van der Waals surface area contributed by atoms with E-state index in [-0.39, 0.29) is 11.7 Å². The van der Waals surface area contributed by atoms with Crippen molar-refractivity contribution >= 4 is 34.0 Å². The zero-order valence-corrected chi connectivity index (χ0v) is 20.2. The molecule has 0 bridgehead atoms. The van der Waals surface area contributed by atoms with Crippen molar-refractivity contribution in [3.05, 3.63) is 82.2 Å². The lowest BCUT2D eigenvalue weighted by Crippen LogP contribution is -2.15. The molecule has 0 saturated heterocycles. The highest BCUT2D eigenvalue weighted by atomic mass is 32.2. The molecule has 170 valence electrons. The van der Waals surface area contributed by atoms with Gasteiger partial charge in [-0.15, -0.1) is 21.5 Å². The Labute approximate surface area is 206 Å². The quantitative estimate of drug-likeness (QED) is 0.348. The molecule has 1 aliphatic carbocycles. The molecule has 0 radical (unpaired) electrons. The molecule has 2 aromatic heterocycles. The van der Waals surface area contributed by atoms with Crippen molar-refractivity contribution in [1.29, 1.82) is 5.26 Å². The summed E-state index contributed by atoms with van der Waals surface area (Å²) in [4.78, 5) is 14.1. The van der Waals surface area contributed by atoms with Gasteiger partial charge in [-0.25, -0.2) is 0 Å². The second kappa shape index (κ2) is 10.2. The maximum absolute atomic E-state index is 12.8. The van der Waals surface area contributed by atoms with Gasteiger partial charge in [0.05, 0.1) is 17.9 Å². The van der Waals surface area contributed by atoms with Gasteiger partial charge in [0.15, 0.2) is 11.0 Å². The Kier molecular flexibility index (Phi) is 6.74. The number of benzene rings is 2. The predicted octanol–water partition coefficient (Wildman–Crippen LogP) is 5.54. The second-order valence-corrected chi connectivity index (χ2v) is 10.2. The molecule has 34 heavy (non-hydrogen) atoms. The van der Waals surface area contributed by atoms with Gasteiger partial charge in [-0.3, -0.25) is 9.36 Å². The van der Waals surface area contributed by atoms with Crippen LogP contribution in [-0.4, -0.2) is 26.4 Å². The van der Waals surface area contributed by atoms with Gasteiger partial charge in [-0.2, -0.15) is 5.26 Å². The summed E-state index contributed by atoms with van der Waals surface area (Å²) in [6.07, 6.45) is 4.15. The SMILES string of the molecule is N#Cc1c(NC(=O)CSc2nnc(-c3ccccc3)n2Cc2ccccc2)sc2c1CCCC2. The molecular formula is C26H23N5OS2. The van der Waals surface area contributed by atoms with E-state index in [1.54, 1.807) is 11.3 Å². The Morgan fingerprint density at radius 2 is 1.79 bits per heavy atom. The number of fused-ring (bicyclic) bond motifs is 1. The zero-order chi connectivity index (χ0) is 23.3. The van der Waals surface area contributed by atoms with E-state index in [4.69, 9.17) is 0 Å². The van der Waals surface area contributed by atoms with Crippen molar-refractivity contribution in [3.8, 4) is 17.5 Å². The van der Waals surface area contributed by atoms with Gasteiger partial charge in [0, 0.05) is 10.4 Å². The maximum atomic E-state index is 12.8. The molecule has 2 aromatic carbocycles. The van der Waals surface area contributed by atoms with E-state index in [2.05, 4.69) is 33.7 Å². The molecule has 0 atom stereocenters. The molecule has 0 aliphatic heterocycles. The fraction of sp³-hybridized carbons (Fsp3) is 0.231. The van der Waals surface area contributed by atoms with Gasteiger partial charge in [-0.05, 0) is 36.8 Å². The number of aryl methyl sites for hydroxylation is 1. The first-order valence-electron chi connectivity index (χ1n) is 11.2. The first kappa shape index (κ1) is 22.4. The van der Waals surface area contributed by atoms with Gasteiger partial charge < -0.3 is 5.32 Å². The minimum Gasteiger partial charge on any atom is -0.316 e. The van der Waals surface area contributed by atoms with E-state index in [0.29, 0.717) is 22.3 Å². The maximum Gasteiger partial charge on any atom is 0.235 e. The summed E-state index contributed by atoms with van der Waals surface area (Å²) in [5, 5.41) is 22.8. The van der Waals surface area contributed by atoms with Crippen LogP contribution in [0.1, 0.15) is 34.4 Å². The number of hydrogen-bond donors (Lipinski definition) is 1. The van der Waals surface area contributed by atoms with Gasteiger partial charge in [-0.1, -0.05) is 72.4 Å². The van der Waals surface area contributed by atoms with Crippen molar-refractivity contribution in [1.82, 2.24) is 14.8 Å². The number of rotatable bonds is 7. The average molecular weight is 486 g/mol. The van der Waals surface area contributed by atoms with E-state index in [9.17, 15) is 10.1 Å². The van der Waals surface area contributed by atoms with Crippen molar-refractivity contribution in [2.75, 3.05) is 11.1 Å². The van der Waals surface area contributed by atoms with Crippen LogP contribution in [0.5, 0.6) is 0 Å². The summed E-state index contributed by atoms with van der Waals surface area (Å²) in [6.45, 7) is 0.609. The van der Waals surface area contributed by atoms with E-state index in [1.807, 2.05) is 53.1 Å². The number of nitriles is 1. The standard InChI is InChI=1S/C26H23N5OS2/c27-15-21-20-13-7-8-14-22(20)34-25(21)28-23(32)17-33-26-30-29-24(19-11-5-2-6-12-19)31(26)16-18-9-3-1-4-10-18/h1-6,9-12H,7-8,13-14,16-17H2,(H,28,32). The summed E-state index contributed by atoms with van der Waals surface area (Å²) in [5.74, 6) is 0.815. The summed E-state index contributed by atoms with van der Waals surface area (Å²) >= 11 is 2.90. The summed E-state index contributed by atoms with van der Waals surface area (Å²) in [5.41, 5.74) is 3.87. The van der Waals surface area contributed by atoms with Crippen LogP contribution in [0, 0.1) is 11.3 Å². The number of hydrogen-bond acceptors (Lipinski definition) is 6. The first-order valence-corrected chi connectivity index (χ1v) is 13.0. The summed E-state index contributed by atoms with van der Waals surface area (Å²) in [6, 6.07) is 22.4. The van der Waals surface area contributed by atoms with Gasteiger partial charge in [0.25, 0.3) is 0 Å². The molecule has 8 heteroatoms. The lowest BCUT2D eigenvalue weighted by molar-refractivity contribution is -0.113. The summed E-state index contributed by atoms with van der Waals surface area (Å²) < 4.78 is 2.05. The number of carbonyl (C=O) groups is 1. The molecule has 0 saturated carbocycles. The van der Waals surface area contributed by atoms with Crippen LogP contribution >= 0.6 is 23.1 Å². The number of thioether (sulfide) groups is 1. The number of thiophene rings is 1. The third-order valence-electron chi connectivity index (χ3n) is 5.80. The molecule has 0 spiro atoms. The van der Waals surface area contributed by atoms with Gasteiger partial charge in [0.2, 0.25) is 5.91 Å². The Morgan fingerprint density at radius 3 is 2.56 bits per heavy atom. The Balaban J connectivity index is 1.34. The van der Waals surface area contributed by atoms with Crippen LogP contribution in [0.3, 0.4) is 0 Å². The summed E-state index contributed by atoms with van der Waals surface area (Å²) in [7, 11) is 0. The topological polar surface area (TPSA) is 83.6 Å². The molecule has 0 unspecified atom stereocenters. The van der Waals surface area contributed by atoms with E-state index in [1.165, 1.54) is 16.6 Å². The van der Waals surface area contributed by atoms with E-state index in [0.717, 1.165) is 48.2 Å². The van der Waals surface area contributed by atoms with Gasteiger partial charge in [0.1, 0.15) is 11.1 Å². The number of anilines is 1. The van der Waals surface area contributed by atoms with Crippen LogP contribution in [0.4, 0.5) is 5.00 Å². The zero-order valence-electron chi connectivity index (χ0n) is 18.5. The van der Waals surface area contributed by atoms with Crippen molar-refractivity contribution in [2.45, 2.75) is 37.4 Å². The van der Waals surface area contributed by atoms with Crippen LogP contribution in [0.2, 0.25) is 0 Å². The monoisotopic (exact) mass is 485 g/mol. The largest absolute Gasteiger partial charge is 0.316 e. The molecule has 5 rings (SSSR count). The third-order valence-corrected chi connectivity index (χ3v) is 7.97.